The second kappa shape index (κ2) is 9.54. The van der Waals surface area contributed by atoms with Crippen LogP contribution < -0.4 is 4.90 Å². The van der Waals surface area contributed by atoms with Crippen molar-refractivity contribution in [2.24, 2.45) is 17.3 Å². The highest BCUT2D eigenvalue weighted by atomic mass is 16.6. The fourth-order valence-electron chi connectivity index (χ4n) is 8.13. The molecule has 37 heavy (non-hydrogen) atoms. The maximum Gasteiger partial charge on any atom is 0.303 e. The average molecular weight is 506 g/mol. The minimum absolute atomic E-state index is 0.0641. The number of esters is 1. The predicted molar refractivity (Wildman–Crippen MR) is 142 cm³/mol. The van der Waals surface area contributed by atoms with Gasteiger partial charge in [-0.25, -0.2) is 0 Å². The molecule has 5 atom stereocenters. The quantitative estimate of drug-likeness (QED) is 0.497. The van der Waals surface area contributed by atoms with Crippen molar-refractivity contribution in [2.45, 2.75) is 70.3 Å². The van der Waals surface area contributed by atoms with E-state index in [1.807, 2.05) is 20.2 Å². The third-order valence-corrected chi connectivity index (χ3v) is 9.71. The van der Waals surface area contributed by atoms with Crippen LogP contribution in [0, 0.1) is 17.3 Å². The molecule has 0 radical (unpaired) electrons. The normalized spacial score (nSPS) is 32.7. The number of hydrogen-bond acceptors (Lipinski definition) is 6. The van der Waals surface area contributed by atoms with Crippen LogP contribution in [0.5, 0.6) is 0 Å². The molecule has 2 saturated carbocycles. The zero-order valence-electron chi connectivity index (χ0n) is 22.8. The number of nitrogens with zero attached hydrogens (tertiary/aromatic N) is 1. The first kappa shape index (κ1) is 25.9. The number of benzene rings is 1. The van der Waals surface area contributed by atoms with Crippen LogP contribution in [0.2, 0.25) is 0 Å². The highest BCUT2D eigenvalue weighted by Gasteiger charge is 2.68. The third kappa shape index (κ3) is 4.08. The Bertz CT molecular complexity index is 1180. The van der Waals surface area contributed by atoms with E-state index in [4.69, 9.17) is 9.47 Å². The maximum atomic E-state index is 13.7. The molecule has 6 nitrogen and oxygen atoms in total. The fraction of sp³-hybridized carbons (Fsp3) is 0.581. The Morgan fingerprint density at radius 3 is 2.46 bits per heavy atom. The summed E-state index contributed by atoms with van der Waals surface area (Å²) in [5.74, 6) is 0.301. The van der Waals surface area contributed by atoms with Crippen molar-refractivity contribution in [1.82, 2.24) is 0 Å². The number of allylic oxidation sites excluding steroid dienone is 4. The second-order valence-electron chi connectivity index (χ2n) is 11.8. The van der Waals surface area contributed by atoms with Crippen LogP contribution in [-0.2, 0) is 23.9 Å². The highest BCUT2D eigenvalue weighted by molar-refractivity contribution is 5.93. The third-order valence-electron chi connectivity index (χ3n) is 9.71. The van der Waals surface area contributed by atoms with Crippen molar-refractivity contribution < 1.29 is 23.9 Å². The van der Waals surface area contributed by atoms with Gasteiger partial charge in [-0.2, -0.15) is 0 Å². The van der Waals surface area contributed by atoms with E-state index < -0.39 is 17.0 Å². The van der Waals surface area contributed by atoms with Crippen molar-refractivity contribution >= 4 is 23.2 Å². The Morgan fingerprint density at radius 1 is 1.08 bits per heavy atom. The van der Waals surface area contributed by atoms with Crippen LogP contribution >= 0.6 is 0 Å². The Kier molecular flexibility index (Phi) is 6.68. The van der Waals surface area contributed by atoms with Gasteiger partial charge >= 0.3 is 5.97 Å². The Labute approximate surface area is 220 Å². The first-order chi connectivity index (χ1) is 17.6. The van der Waals surface area contributed by atoms with E-state index in [-0.39, 0.29) is 30.0 Å². The van der Waals surface area contributed by atoms with Gasteiger partial charge in [0, 0.05) is 51.6 Å². The summed E-state index contributed by atoms with van der Waals surface area (Å²) in [4.78, 5) is 40.5. The Morgan fingerprint density at radius 2 is 1.81 bits per heavy atom. The molecule has 0 saturated heterocycles. The summed E-state index contributed by atoms with van der Waals surface area (Å²) in [6.07, 6.45) is 7.17. The van der Waals surface area contributed by atoms with Gasteiger partial charge in [0.05, 0.1) is 0 Å². The Balaban J connectivity index is 1.68. The number of anilines is 1. The minimum atomic E-state index is -1.18. The molecule has 0 heterocycles. The number of ether oxygens (including phenoxy) is 2. The molecule has 198 valence electrons. The van der Waals surface area contributed by atoms with Crippen LogP contribution in [-0.4, -0.2) is 50.9 Å². The minimum Gasteiger partial charge on any atom is -0.451 e. The topological polar surface area (TPSA) is 72.9 Å². The lowest BCUT2D eigenvalue weighted by Gasteiger charge is -2.55. The lowest BCUT2D eigenvalue weighted by molar-refractivity contribution is -0.185. The van der Waals surface area contributed by atoms with Gasteiger partial charge in [-0.05, 0) is 85.3 Å². The lowest BCUT2D eigenvalue weighted by atomic mass is 9.50. The molecule has 0 N–H and O–H groups in total. The second-order valence-corrected chi connectivity index (χ2v) is 11.8. The molecule has 6 heteroatoms. The number of Topliss-reactive ketones (excluding diaryl/α,β-unsaturated/α-hetero) is 1. The van der Waals surface area contributed by atoms with Crippen molar-refractivity contribution in [3.63, 3.8) is 0 Å². The molecule has 1 aromatic rings. The number of methoxy groups -OCH3 is 1. The molecule has 5 rings (SSSR count). The monoisotopic (exact) mass is 505 g/mol. The van der Waals surface area contributed by atoms with Crippen LogP contribution in [0.4, 0.5) is 5.69 Å². The summed E-state index contributed by atoms with van der Waals surface area (Å²) >= 11 is 0. The molecular weight excluding hydrogens is 466 g/mol. The zero-order chi connectivity index (χ0) is 26.5. The van der Waals surface area contributed by atoms with Crippen LogP contribution in [0.3, 0.4) is 0 Å². The number of carbonyl (C=O) groups excluding carboxylic acids is 3. The molecular formula is C31H39NO5. The SMILES string of the molecule is COCC(=O)[C@@]1(OC(C)=O)CCC2[C@@H]3CCC4=CC(=O)CCC4=C3[C@@H](c3ccc(N(C)C)cc3)C[C@@]21C. The van der Waals surface area contributed by atoms with Gasteiger partial charge in [0.25, 0.3) is 0 Å². The van der Waals surface area contributed by atoms with Crippen LogP contribution in [0.25, 0.3) is 0 Å². The molecule has 4 aliphatic rings. The molecule has 2 fully saturated rings. The molecule has 0 amide bonds. The first-order valence-corrected chi connectivity index (χ1v) is 13.6. The molecule has 0 aliphatic heterocycles. The van der Waals surface area contributed by atoms with E-state index in [2.05, 4.69) is 36.1 Å². The van der Waals surface area contributed by atoms with Gasteiger partial charge in [-0.15, -0.1) is 0 Å². The summed E-state index contributed by atoms with van der Waals surface area (Å²) in [5.41, 5.74) is 4.70. The smallest absolute Gasteiger partial charge is 0.303 e. The van der Waals surface area contributed by atoms with Crippen LogP contribution in [0.1, 0.15) is 70.3 Å². The molecule has 1 unspecified atom stereocenters. The predicted octanol–water partition coefficient (Wildman–Crippen LogP) is 5.17. The molecule has 4 aliphatic carbocycles. The van der Waals surface area contributed by atoms with Crippen molar-refractivity contribution in [3.05, 3.63) is 52.6 Å². The van der Waals surface area contributed by atoms with E-state index in [0.29, 0.717) is 18.8 Å². The molecule has 1 aromatic carbocycles. The summed E-state index contributed by atoms with van der Waals surface area (Å²) in [6, 6.07) is 8.72. The van der Waals surface area contributed by atoms with E-state index in [0.717, 1.165) is 37.8 Å². The first-order valence-electron chi connectivity index (χ1n) is 13.6. The van der Waals surface area contributed by atoms with Gasteiger partial charge in [0.1, 0.15) is 6.61 Å². The van der Waals surface area contributed by atoms with Crippen molar-refractivity contribution in [1.29, 1.82) is 0 Å². The number of hydrogen-bond donors (Lipinski definition) is 0. The Hall–Kier alpha value is -2.73. The highest BCUT2D eigenvalue weighted by Crippen LogP contribution is 2.67. The zero-order valence-corrected chi connectivity index (χ0v) is 22.8. The van der Waals surface area contributed by atoms with Crippen LogP contribution in [0.15, 0.2) is 47.1 Å². The van der Waals surface area contributed by atoms with E-state index in [1.54, 1.807) is 0 Å². The summed E-state index contributed by atoms with van der Waals surface area (Å²) in [6.45, 7) is 3.52. The largest absolute Gasteiger partial charge is 0.451 e. The maximum absolute atomic E-state index is 13.7. The van der Waals surface area contributed by atoms with Crippen molar-refractivity contribution in [3.8, 4) is 0 Å². The van der Waals surface area contributed by atoms with Gasteiger partial charge < -0.3 is 14.4 Å². The number of rotatable bonds is 6. The number of ketones is 2. The summed E-state index contributed by atoms with van der Waals surface area (Å²) in [5, 5.41) is 0. The van der Waals surface area contributed by atoms with Gasteiger partial charge in [0.15, 0.2) is 11.4 Å². The van der Waals surface area contributed by atoms with E-state index >= 15 is 0 Å². The average Bonchev–Trinajstić information content (AvgIpc) is 3.15. The number of fused-ring (bicyclic) bond motifs is 4. The van der Waals surface area contributed by atoms with Gasteiger partial charge in [0.2, 0.25) is 5.78 Å². The molecule has 0 bridgehead atoms. The molecule has 0 spiro atoms. The van der Waals surface area contributed by atoms with Gasteiger partial charge in [-0.3, -0.25) is 14.4 Å². The van der Waals surface area contributed by atoms with E-state index in [1.165, 1.54) is 36.3 Å². The lowest BCUT2D eigenvalue weighted by Crippen LogP contribution is -2.58. The summed E-state index contributed by atoms with van der Waals surface area (Å²) in [7, 11) is 5.59. The van der Waals surface area contributed by atoms with Gasteiger partial charge in [-0.1, -0.05) is 24.6 Å². The molecule has 0 aromatic heterocycles. The summed E-state index contributed by atoms with van der Waals surface area (Å²) < 4.78 is 11.4. The van der Waals surface area contributed by atoms with E-state index in [9.17, 15) is 14.4 Å². The van der Waals surface area contributed by atoms with Crippen molar-refractivity contribution in [2.75, 3.05) is 32.7 Å². The number of carbonyl (C=O) groups is 3. The standard InChI is InChI=1S/C31H39NO5/c1-19(33)37-31(28(35)18-36-5)15-14-27-25-12-8-21-16-23(34)11-13-24(21)29(25)26(17-30(27,31)2)20-6-9-22(10-7-20)32(3)4/h6-7,9-10,16,25-27H,8,11-15,17-18H2,1-5H3/t25-,26+,27?,30-,31-/m0/s1. The fourth-order valence-corrected chi connectivity index (χ4v) is 8.13.